The Labute approximate surface area is 274 Å². The van der Waals surface area contributed by atoms with Gasteiger partial charge in [0, 0.05) is 12.1 Å². The maximum absolute atomic E-state index is 12.5. The predicted molar refractivity (Wildman–Crippen MR) is 177 cm³/mol. The lowest BCUT2D eigenvalue weighted by molar-refractivity contribution is 0.105. The molecule has 0 aliphatic rings. The number of benzene rings is 4. The van der Waals surface area contributed by atoms with E-state index >= 15 is 0 Å². The van der Waals surface area contributed by atoms with Gasteiger partial charge in [-0.2, -0.15) is 0 Å². The lowest BCUT2D eigenvalue weighted by Crippen LogP contribution is -2.27. The van der Waals surface area contributed by atoms with Crippen LogP contribution in [0.1, 0.15) is 62.3 Å². The summed E-state index contributed by atoms with van der Waals surface area (Å²) in [6, 6.07) is 27.6. The number of hydrogen-bond donors (Lipinski definition) is 0. The van der Waals surface area contributed by atoms with E-state index in [-0.39, 0.29) is 5.60 Å². The smallest absolute Gasteiger partial charge is 0.250 e. The predicted octanol–water partition coefficient (Wildman–Crippen LogP) is 9.18. The molecule has 0 atom stereocenters. The first-order chi connectivity index (χ1) is 21.1. The molecule has 4 rings (SSSR count). The monoisotopic (exact) mass is 672 g/mol. The Hall–Kier alpha value is -3.60. The summed E-state index contributed by atoms with van der Waals surface area (Å²) >= 11 is 0. The minimum atomic E-state index is -5.06. The molecule has 0 spiro atoms. The van der Waals surface area contributed by atoms with Crippen LogP contribution < -0.4 is 14.2 Å². The van der Waals surface area contributed by atoms with Crippen LogP contribution in [0.4, 0.5) is 8.78 Å². The molecular weight excluding hydrogens is 631 g/mol. The van der Waals surface area contributed by atoms with Crippen molar-refractivity contribution < 1.29 is 36.0 Å². The Kier molecular flexibility index (Phi) is 11.6. The van der Waals surface area contributed by atoms with Gasteiger partial charge in [-0.3, -0.25) is 0 Å². The Morgan fingerprint density at radius 1 is 0.587 bits per heavy atom. The lowest BCUT2D eigenvalue weighted by atomic mass is 10.1. The summed E-state index contributed by atoms with van der Waals surface area (Å²) in [5.74, 6) is -0.441. The van der Waals surface area contributed by atoms with Gasteiger partial charge in [0.15, 0.2) is 21.3 Å². The molecule has 248 valence electrons. The molecule has 0 fully saturated rings. The van der Waals surface area contributed by atoms with Gasteiger partial charge >= 0.3 is 0 Å². The Morgan fingerprint density at radius 3 is 1.26 bits per heavy atom. The highest BCUT2D eigenvalue weighted by molar-refractivity contribution is 7.97. The maximum atomic E-state index is 12.5. The standard InChI is InChI=1S/C30H39O3S.C6H4F2O3S/c1-28(2,3)31-22-20-25(32-29(4,5)6)27(26(21-22)33-30(7,8)9)34(23-16-12-10-13-17-23)24-18-14-11-15-19-24;7-4-2-1-3-5(8)6(4)12(9,10)11/h10-21H,1-9H3;1-3H,(H,9,10,11)/q+1;/p-1. The highest BCUT2D eigenvalue weighted by Crippen LogP contribution is 2.47. The number of halogens is 2. The highest BCUT2D eigenvalue weighted by atomic mass is 32.2. The van der Waals surface area contributed by atoms with Crippen molar-refractivity contribution in [1.82, 2.24) is 0 Å². The fourth-order valence-corrected chi connectivity index (χ4v) is 7.00. The van der Waals surface area contributed by atoms with Crippen LogP contribution in [0.3, 0.4) is 0 Å². The fraction of sp³-hybridized carbons (Fsp3) is 0.333. The van der Waals surface area contributed by atoms with Gasteiger partial charge in [-0.25, -0.2) is 17.2 Å². The summed E-state index contributed by atoms with van der Waals surface area (Å²) in [5.41, 5.74) is -1.13. The van der Waals surface area contributed by atoms with E-state index in [9.17, 15) is 21.8 Å². The SMILES string of the molecule is CC(C)(C)Oc1cc(OC(C)(C)C)c([S+](c2ccccc2)c2ccccc2)c(OC(C)(C)C)c1.O=S(=O)([O-])c1c(F)cccc1F. The van der Waals surface area contributed by atoms with Crippen molar-refractivity contribution in [3.8, 4) is 17.2 Å². The third-order valence-electron chi connectivity index (χ3n) is 5.58. The van der Waals surface area contributed by atoms with Crippen molar-refractivity contribution in [1.29, 1.82) is 0 Å². The van der Waals surface area contributed by atoms with Crippen LogP contribution in [-0.2, 0) is 21.0 Å². The number of rotatable bonds is 7. The fourth-order valence-electron chi connectivity index (χ4n) is 4.18. The van der Waals surface area contributed by atoms with Gasteiger partial charge in [-0.15, -0.1) is 0 Å². The Morgan fingerprint density at radius 2 is 0.957 bits per heavy atom. The number of ether oxygens (including phenoxy) is 3. The van der Waals surface area contributed by atoms with Crippen LogP contribution in [-0.4, -0.2) is 29.8 Å². The zero-order valence-electron chi connectivity index (χ0n) is 27.7. The molecule has 0 heterocycles. The third-order valence-corrected chi connectivity index (χ3v) is 8.77. The second kappa shape index (κ2) is 14.4. The molecule has 4 aromatic carbocycles. The first-order valence-corrected chi connectivity index (χ1v) is 17.3. The van der Waals surface area contributed by atoms with Crippen molar-refractivity contribution in [2.75, 3.05) is 0 Å². The van der Waals surface area contributed by atoms with E-state index in [0.717, 1.165) is 28.2 Å². The lowest BCUT2D eigenvalue weighted by Gasteiger charge is -2.28. The van der Waals surface area contributed by atoms with E-state index in [2.05, 4.69) is 102 Å². The van der Waals surface area contributed by atoms with Gasteiger partial charge in [0.1, 0.15) is 60.1 Å². The molecule has 0 saturated carbocycles. The molecule has 0 radical (unpaired) electrons. The van der Waals surface area contributed by atoms with E-state index in [1.165, 1.54) is 9.79 Å². The van der Waals surface area contributed by atoms with E-state index in [1.54, 1.807) is 0 Å². The Balaban J connectivity index is 0.000000402. The van der Waals surface area contributed by atoms with Crippen molar-refractivity contribution in [3.05, 3.63) is 103 Å². The average molecular weight is 673 g/mol. The molecule has 0 aliphatic carbocycles. The minimum Gasteiger partial charge on any atom is -0.744 e. The largest absolute Gasteiger partial charge is 0.744 e. The van der Waals surface area contributed by atoms with Crippen LogP contribution in [0.15, 0.2) is 111 Å². The van der Waals surface area contributed by atoms with Crippen LogP contribution in [0.5, 0.6) is 17.2 Å². The van der Waals surface area contributed by atoms with Gasteiger partial charge in [0.25, 0.3) is 0 Å². The molecule has 0 N–H and O–H groups in total. The normalized spacial score (nSPS) is 12.3. The molecule has 4 aromatic rings. The van der Waals surface area contributed by atoms with Crippen molar-refractivity contribution >= 4 is 21.0 Å². The maximum Gasteiger partial charge on any atom is 0.250 e. The first kappa shape index (κ1) is 36.9. The second-order valence-electron chi connectivity index (χ2n) is 13.3. The first-order valence-electron chi connectivity index (χ1n) is 14.6. The van der Waals surface area contributed by atoms with Crippen molar-refractivity contribution in [2.45, 2.75) is 98.7 Å². The zero-order valence-corrected chi connectivity index (χ0v) is 29.3. The molecule has 0 aromatic heterocycles. The Bertz CT molecular complexity index is 1610. The van der Waals surface area contributed by atoms with Crippen molar-refractivity contribution in [2.24, 2.45) is 0 Å². The van der Waals surface area contributed by atoms with Gasteiger partial charge in [0.2, 0.25) is 4.90 Å². The quantitative estimate of drug-likeness (QED) is 0.144. The summed E-state index contributed by atoms with van der Waals surface area (Å²) in [7, 11) is -5.51. The van der Waals surface area contributed by atoms with Gasteiger partial charge in [-0.1, -0.05) is 42.5 Å². The van der Waals surface area contributed by atoms with Gasteiger partial charge in [-0.05, 0) is 98.7 Å². The van der Waals surface area contributed by atoms with E-state index in [0.29, 0.717) is 12.1 Å². The highest BCUT2D eigenvalue weighted by Gasteiger charge is 2.39. The molecule has 0 saturated heterocycles. The molecule has 6 nitrogen and oxygen atoms in total. The molecule has 0 amide bonds. The molecule has 10 heteroatoms. The summed E-state index contributed by atoms with van der Waals surface area (Å²) < 4.78 is 75.3. The third kappa shape index (κ3) is 11.0. The minimum absolute atomic E-state index is 0.347. The summed E-state index contributed by atoms with van der Waals surface area (Å²) in [5, 5.41) is 0. The van der Waals surface area contributed by atoms with E-state index < -0.39 is 48.7 Å². The molecular formula is C36H42F2O6S2. The zero-order chi connectivity index (χ0) is 34.5. The van der Waals surface area contributed by atoms with Gasteiger partial charge in [0.05, 0.1) is 0 Å². The second-order valence-corrected chi connectivity index (χ2v) is 16.6. The number of hydrogen-bond acceptors (Lipinski definition) is 6. The van der Waals surface area contributed by atoms with Crippen molar-refractivity contribution in [3.63, 3.8) is 0 Å². The molecule has 0 aliphatic heterocycles. The molecule has 0 unspecified atom stereocenters. The van der Waals surface area contributed by atoms with Crippen LogP contribution in [0, 0.1) is 11.6 Å². The summed E-state index contributed by atoms with van der Waals surface area (Å²) in [4.78, 5) is 2.01. The van der Waals surface area contributed by atoms with Crippen LogP contribution in [0.2, 0.25) is 0 Å². The van der Waals surface area contributed by atoms with E-state index in [1.807, 2.05) is 32.9 Å². The summed E-state index contributed by atoms with van der Waals surface area (Å²) in [6.07, 6.45) is 0. The molecule has 0 bridgehead atoms. The van der Waals surface area contributed by atoms with Crippen LogP contribution in [0.25, 0.3) is 0 Å². The van der Waals surface area contributed by atoms with E-state index in [4.69, 9.17) is 14.2 Å². The van der Waals surface area contributed by atoms with Gasteiger partial charge < -0.3 is 18.8 Å². The molecule has 46 heavy (non-hydrogen) atoms. The van der Waals surface area contributed by atoms with Crippen LogP contribution >= 0.6 is 0 Å². The average Bonchev–Trinajstić information content (AvgIpc) is 2.88. The topological polar surface area (TPSA) is 84.9 Å². The summed E-state index contributed by atoms with van der Waals surface area (Å²) in [6.45, 7) is 18.6.